The van der Waals surface area contributed by atoms with Crippen LogP contribution in [0.4, 0.5) is 4.79 Å². The lowest BCUT2D eigenvalue weighted by molar-refractivity contribution is 0.105. The second-order valence-electron chi connectivity index (χ2n) is 6.15. The number of piperidine rings is 1. The molecule has 0 unspecified atom stereocenters. The fourth-order valence-electron chi connectivity index (χ4n) is 3.21. The Balaban J connectivity index is 1.42. The topological polar surface area (TPSA) is 67.4 Å². The number of nitrogens with zero attached hydrogens (tertiary/aromatic N) is 3. The quantitative estimate of drug-likeness (QED) is 0.931. The molecule has 1 aromatic heterocycles. The number of hydrogen-bond acceptors (Lipinski definition) is 4. The summed E-state index contributed by atoms with van der Waals surface area (Å²) in [5, 5.41) is 10.9. The monoisotopic (exact) mass is 304 g/mol. The van der Waals surface area contributed by atoms with E-state index >= 15 is 0 Å². The molecule has 3 rings (SSSR count). The zero-order valence-electron chi connectivity index (χ0n) is 12.9. The summed E-state index contributed by atoms with van der Waals surface area (Å²) in [6, 6.07) is 4.09. The van der Waals surface area contributed by atoms with Gasteiger partial charge in [0.2, 0.25) is 5.88 Å². The summed E-state index contributed by atoms with van der Waals surface area (Å²) in [6.45, 7) is 1.48. The van der Waals surface area contributed by atoms with Crippen molar-refractivity contribution in [1.82, 2.24) is 20.4 Å². The first-order valence-electron chi connectivity index (χ1n) is 8.31. The molecule has 22 heavy (non-hydrogen) atoms. The van der Waals surface area contributed by atoms with Crippen molar-refractivity contribution in [2.24, 2.45) is 0 Å². The normalized spacial score (nSPS) is 20.6. The summed E-state index contributed by atoms with van der Waals surface area (Å²) in [5.74, 6) is 0.563. The van der Waals surface area contributed by atoms with E-state index in [-0.39, 0.29) is 12.1 Å². The van der Waals surface area contributed by atoms with E-state index in [0.717, 1.165) is 38.8 Å². The summed E-state index contributed by atoms with van der Waals surface area (Å²) < 4.78 is 5.80. The van der Waals surface area contributed by atoms with E-state index in [1.54, 1.807) is 6.20 Å². The van der Waals surface area contributed by atoms with Gasteiger partial charge in [-0.2, -0.15) is 5.10 Å². The van der Waals surface area contributed by atoms with Crippen LogP contribution in [-0.2, 0) is 0 Å². The number of carbonyl (C=O) groups excluding carboxylic acids is 1. The Hall–Kier alpha value is -1.85. The van der Waals surface area contributed by atoms with Gasteiger partial charge in [0, 0.05) is 44.2 Å². The predicted molar refractivity (Wildman–Crippen MR) is 82.7 cm³/mol. The van der Waals surface area contributed by atoms with E-state index in [2.05, 4.69) is 15.5 Å². The summed E-state index contributed by atoms with van der Waals surface area (Å²) in [5.41, 5.74) is 0. The van der Waals surface area contributed by atoms with Crippen molar-refractivity contribution in [3.8, 4) is 5.88 Å². The van der Waals surface area contributed by atoms with Gasteiger partial charge >= 0.3 is 6.03 Å². The Labute approximate surface area is 131 Å². The highest BCUT2D eigenvalue weighted by Gasteiger charge is 2.26. The van der Waals surface area contributed by atoms with Crippen LogP contribution in [0.2, 0.25) is 0 Å². The third kappa shape index (κ3) is 4.08. The van der Waals surface area contributed by atoms with Gasteiger partial charge in [-0.05, 0) is 18.9 Å². The second-order valence-corrected chi connectivity index (χ2v) is 6.15. The summed E-state index contributed by atoms with van der Waals surface area (Å²) in [4.78, 5) is 14.2. The van der Waals surface area contributed by atoms with Crippen molar-refractivity contribution >= 4 is 6.03 Å². The Morgan fingerprint density at radius 3 is 2.64 bits per heavy atom. The van der Waals surface area contributed by atoms with Crippen molar-refractivity contribution < 1.29 is 9.53 Å². The number of aromatic nitrogens is 2. The maximum absolute atomic E-state index is 12.3. The molecular weight excluding hydrogens is 280 g/mol. The van der Waals surface area contributed by atoms with E-state index in [1.165, 1.54) is 19.3 Å². The summed E-state index contributed by atoms with van der Waals surface area (Å²) in [7, 11) is 0. The fourth-order valence-corrected chi connectivity index (χ4v) is 3.21. The minimum absolute atomic E-state index is 0.0878. The molecule has 0 radical (unpaired) electrons. The molecule has 2 heterocycles. The second kappa shape index (κ2) is 7.42. The van der Waals surface area contributed by atoms with Gasteiger partial charge in [-0.15, -0.1) is 5.10 Å². The first-order valence-corrected chi connectivity index (χ1v) is 8.31. The van der Waals surface area contributed by atoms with Crippen LogP contribution in [0.25, 0.3) is 0 Å². The van der Waals surface area contributed by atoms with Crippen LogP contribution in [0.5, 0.6) is 5.88 Å². The Morgan fingerprint density at radius 2 is 1.95 bits per heavy atom. The number of likely N-dealkylation sites (tertiary alicyclic amines) is 1. The van der Waals surface area contributed by atoms with Crippen LogP contribution in [-0.4, -0.2) is 46.4 Å². The molecule has 1 N–H and O–H groups in total. The van der Waals surface area contributed by atoms with Gasteiger partial charge in [0.15, 0.2) is 0 Å². The van der Waals surface area contributed by atoms with Crippen LogP contribution in [0.15, 0.2) is 18.3 Å². The standard InChI is InChI=1S/C16H24N4O2/c21-16(18-13-5-2-1-3-6-13)20-11-8-14(9-12-20)22-15-7-4-10-17-19-15/h4,7,10,13-14H,1-3,5-6,8-9,11-12H2,(H,18,21). The zero-order chi connectivity index (χ0) is 15.2. The molecule has 2 fully saturated rings. The van der Waals surface area contributed by atoms with Gasteiger partial charge < -0.3 is 15.0 Å². The average Bonchev–Trinajstić information content (AvgIpc) is 2.57. The van der Waals surface area contributed by atoms with Crippen LogP contribution in [0, 0.1) is 0 Å². The van der Waals surface area contributed by atoms with Crippen molar-refractivity contribution in [2.45, 2.75) is 57.1 Å². The summed E-state index contributed by atoms with van der Waals surface area (Å²) >= 11 is 0. The minimum Gasteiger partial charge on any atom is -0.473 e. The van der Waals surface area contributed by atoms with E-state index in [9.17, 15) is 4.79 Å². The van der Waals surface area contributed by atoms with Gasteiger partial charge in [-0.25, -0.2) is 4.79 Å². The minimum atomic E-state index is 0.0878. The first-order chi connectivity index (χ1) is 10.8. The largest absolute Gasteiger partial charge is 0.473 e. The molecule has 2 amide bonds. The van der Waals surface area contributed by atoms with Crippen molar-refractivity contribution in [3.63, 3.8) is 0 Å². The Bertz CT molecular complexity index is 468. The highest BCUT2D eigenvalue weighted by atomic mass is 16.5. The molecule has 120 valence electrons. The molecule has 2 aliphatic rings. The molecule has 6 nitrogen and oxygen atoms in total. The van der Waals surface area contributed by atoms with Gasteiger partial charge in [-0.1, -0.05) is 19.3 Å². The van der Waals surface area contributed by atoms with Crippen molar-refractivity contribution in [3.05, 3.63) is 18.3 Å². The number of hydrogen-bond donors (Lipinski definition) is 1. The first kappa shape index (κ1) is 15.1. The molecule has 6 heteroatoms. The number of ether oxygens (including phenoxy) is 1. The number of amides is 2. The van der Waals surface area contributed by atoms with E-state index in [4.69, 9.17) is 4.74 Å². The van der Waals surface area contributed by atoms with Crippen molar-refractivity contribution in [1.29, 1.82) is 0 Å². The van der Waals surface area contributed by atoms with E-state index in [1.807, 2.05) is 17.0 Å². The van der Waals surface area contributed by atoms with Crippen molar-refractivity contribution in [2.75, 3.05) is 13.1 Å². The lowest BCUT2D eigenvalue weighted by Crippen LogP contribution is -2.49. The maximum atomic E-state index is 12.3. The fraction of sp³-hybridized carbons (Fsp3) is 0.688. The van der Waals surface area contributed by atoms with Gasteiger partial charge in [0.1, 0.15) is 6.10 Å². The van der Waals surface area contributed by atoms with Crippen LogP contribution in [0.3, 0.4) is 0 Å². The molecule has 0 spiro atoms. The molecule has 1 aliphatic carbocycles. The SMILES string of the molecule is O=C(NC1CCCCC1)N1CCC(Oc2cccnn2)CC1. The van der Waals surface area contributed by atoms with E-state index < -0.39 is 0 Å². The number of carbonyl (C=O) groups is 1. The highest BCUT2D eigenvalue weighted by molar-refractivity contribution is 5.74. The van der Waals surface area contributed by atoms with E-state index in [0.29, 0.717) is 11.9 Å². The van der Waals surface area contributed by atoms with Gasteiger partial charge in [-0.3, -0.25) is 0 Å². The molecule has 0 atom stereocenters. The molecule has 1 saturated carbocycles. The Morgan fingerprint density at radius 1 is 1.18 bits per heavy atom. The van der Waals surface area contributed by atoms with Gasteiger partial charge in [0.25, 0.3) is 0 Å². The maximum Gasteiger partial charge on any atom is 0.317 e. The zero-order valence-corrected chi connectivity index (χ0v) is 12.9. The predicted octanol–water partition coefficient (Wildman–Crippen LogP) is 2.36. The van der Waals surface area contributed by atoms with Crippen LogP contribution in [0.1, 0.15) is 44.9 Å². The lowest BCUT2D eigenvalue weighted by Gasteiger charge is -2.33. The average molecular weight is 304 g/mol. The molecule has 0 aromatic carbocycles. The third-order valence-electron chi connectivity index (χ3n) is 4.50. The smallest absolute Gasteiger partial charge is 0.317 e. The molecule has 1 aliphatic heterocycles. The van der Waals surface area contributed by atoms with Crippen LogP contribution >= 0.6 is 0 Å². The number of rotatable bonds is 3. The summed E-state index contributed by atoms with van der Waals surface area (Å²) in [6.07, 6.45) is 9.45. The number of urea groups is 1. The Kier molecular flexibility index (Phi) is 5.08. The van der Waals surface area contributed by atoms with Gasteiger partial charge in [0.05, 0.1) is 0 Å². The highest BCUT2D eigenvalue weighted by Crippen LogP contribution is 2.19. The molecular formula is C16H24N4O2. The molecule has 0 bridgehead atoms. The third-order valence-corrected chi connectivity index (χ3v) is 4.50. The molecule has 1 saturated heterocycles. The number of nitrogens with one attached hydrogen (secondary N) is 1. The molecule has 1 aromatic rings. The lowest BCUT2D eigenvalue weighted by atomic mass is 9.96. The van der Waals surface area contributed by atoms with Crippen LogP contribution < -0.4 is 10.1 Å².